The molecule has 11 heteroatoms. The van der Waals surface area contributed by atoms with Gasteiger partial charge in [0.2, 0.25) is 0 Å². The van der Waals surface area contributed by atoms with Crippen LogP contribution in [0, 0.1) is 0 Å². The molecular weight excluding hydrogens is 358 g/mol. The Morgan fingerprint density at radius 2 is 1.68 bits per heavy atom. The summed E-state index contributed by atoms with van der Waals surface area (Å²) in [5.41, 5.74) is 0. The highest BCUT2D eigenvalue weighted by Gasteiger charge is 2.17. The van der Waals surface area contributed by atoms with Gasteiger partial charge in [-0.05, 0) is 0 Å². The van der Waals surface area contributed by atoms with Crippen molar-refractivity contribution in [2.24, 2.45) is 0 Å². The van der Waals surface area contributed by atoms with Crippen LogP contribution in [0.5, 0.6) is 0 Å². The van der Waals surface area contributed by atoms with E-state index in [9.17, 15) is 14.2 Å². The molecule has 0 aromatic rings. The molecule has 0 unspecified atom stereocenters. The third kappa shape index (κ3) is 15.5. The molecule has 0 fully saturated rings. The Kier molecular flexibility index (Phi) is 13.4. The van der Waals surface area contributed by atoms with Crippen molar-refractivity contribution in [2.45, 2.75) is 4.84 Å². The Labute approximate surface area is 138 Å². The second kappa shape index (κ2) is 12.6. The molecule has 22 heavy (non-hydrogen) atoms. The van der Waals surface area contributed by atoms with E-state index in [4.69, 9.17) is 38.1 Å². The van der Waals surface area contributed by atoms with Crippen LogP contribution in [0.25, 0.3) is 0 Å². The lowest BCUT2D eigenvalue weighted by Gasteiger charge is -2.19. The van der Waals surface area contributed by atoms with Crippen molar-refractivity contribution in [2.75, 3.05) is 25.9 Å². The number of hydrogen-bond acceptors (Lipinski definition) is 4. The molecule has 1 amide bonds. The van der Waals surface area contributed by atoms with Crippen LogP contribution in [0.3, 0.4) is 0 Å². The van der Waals surface area contributed by atoms with Crippen LogP contribution in [0.15, 0.2) is 25.3 Å². The monoisotopic (exact) mass is 376 g/mol. The van der Waals surface area contributed by atoms with Crippen molar-refractivity contribution < 1.29 is 29.0 Å². The minimum absolute atomic E-state index is 0.321. The van der Waals surface area contributed by atoms with E-state index in [2.05, 4.69) is 18.5 Å². The number of halogens is 2. The van der Waals surface area contributed by atoms with E-state index in [-0.39, 0.29) is 5.91 Å². The van der Waals surface area contributed by atoms with Gasteiger partial charge in [-0.1, -0.05) is 35.4 Å². The van der Waals surface area contributed by atoms with Crippen LogP contribution in [0.2, 0.25) is 0 Å². The third-order valence-corrected chi connectivity index (χ3v) is 2.80. The molecule has 0 saturated heterocycles. The highest BCUT2D eigenvalue weighted by molar-refractivity contribution is 7.51. The molecule has 0 aliphatic heterocycles. The quantitative estimate of drug-likeness (QED) is 0.266. The molecule has 0 spiro atoms. The zero-order chi connectivity index (χ0) is 17.8. The van der Waals surface area contributed by atoms with Crippen LogP contribution in [0.1, 0.15) is 0 Å². The molecular formula is C11H19Cl2N2O6P. The summed E-state index contributed by atoms with van der Waals surface area (Å²) in [6.45, 7) is 7.44. The number of nitrogens with one attached hydrogen (secondary N) is 1. The summed E-state index contributed by atoms with van der Waals surface area (Å²) < 4.78 is 10.1. The molecule has 0 atom stereocenters. The van der Waals surface area contributed by atoms with Gasteiger partial charge in [0.05, 0.1) is 12.8 Å². The maximum atomic E-state index is 11.2. The SMILES string of the molecule is C=CCN(CC=C)C(=O)C(Cl)Cl.O=C(O)CNCP(=O)(O)O. The Bertz CT molecular complexity index is 417. The summed E-state index contributed by atoms with van der Waals surface area (Å²) >= 11 is 10.8. The van der Waals surface area contributed by atoms with E-state index in [1.807, 2.05) is 0 Å². The van der Waals surface area contributed by atoms with E-state index < -0.39 is 31.2 Å². The Morgan fingerprint density at radius 1 is 1.23 bits per heavy atom. The van der Waals surface area contributed by atoms with E-state index in [1.165, 1.54) is 4.90 Å². The average Bonchev–Trinajstić information content (AvgIpc) is 2.36. The van der Waals surface area contributed by atoms with Gasteiger partial charge in [0.1, 0.15) is 0 Å². The van der Waals surface area contributed by atoms with Crippen LogP contribution < -0.4 is 5.32 Å². The maximum absolute atomic E-state index is 11.2. The summed E-state index contributed by atoms with van der Waals surface area (Å²) in [5, 5.41) is 10.1. The highest BCUT2D eigenvalue weighted by Crippen LogP contribution is 2.31. The number of rotatable bonds is 9. The fourth-order valence-corrected chi connectivity index (χ4v) is 1.69. The van der Waals surface area contributed by atoms with Gasteiger partial charge in [0.15, 0.2) is 4.84 Å². The fraction of sp³-hybridized carbons (Fsp3) is 0.455. The molecule has 0 aliphatic rings. The van der Waals surface area contributed by atoms with E-state index >= 15 is 0 Å². The van der Waals surface area contributed by atoms with Crippen molar-refractivity contribution in [3.8, 4) is 0 Å². The summed E-state index contributed by atoms with van der Waals surface area (Å²) in [6.07, 6.45) is 2.62. The summed E-state index contributed by atoms with van der Waals surface area (Å²) in [6, 6.07) is 0. The van der Waals surface area contributed by atoms with Gasteiger partial charge >= 0.3 is 13.6 Å². The molecule has 0 aromatic heterocycles. The number of nitrogens with zero attached hydrogens (tertiary/aromatic N) is 1. The van der Waals surface area contributed by atoms with E-state index in [0.29, 0.717) is 13.1 Å². The topological polar surface area (TPSA) is 127 Å². The average molecular weight is 377 g/mol. The van der Waals surface area contributed by atoms with Crippen molar-refractivity contribution in [3.63, 3.8) is 0 Å². The normalized spacial score (nSPS) is 10.4. The van der Waals surface area contributed by atoms with Gasteiger partial charge in [-0.3, -0.25) is 19.5 Å². The predicted molar refractivity (Wildman–Crippen MR) is 85.0 cm³/mol. The van der Waals surface area contributed by atoms with Crippen LogP contribution in [-0.2, 0) is 14.2 Å². The molecule has 0 saturated carbocycles. The lowest BCUT2D eigenvalue weighted by atomic mass is 10.4. The smallest absolute Gasteiger partial charge is 0.339 e. The summed E-state index contributed by atoms with van der Waals surface area (Å²) in [5.74, 6) is -1.47. The Hall–Kier alpha value is -0.890. The molecule has 8 nitrogen and oxygen atoms in total. The number of carboxylic acids is 1. The number of aliphatic carboxylic acids is 1. The lowest BCUT2D eigenvalue weighted by Crippen LogP contribution is -2.35. The summed E-state index contributed by atoms with van der Waals surface area (Å²) in [4.78, 5) is 37.8. The highest BCUT2D eigenvalue weighted by atomic mass is 35.5. The minimum atomic E-state index is -4.10. The second-order valence-corrected chi connectivity index (χ2v) is 6.51. The fourth-order valence-electron chi connectivity index (χ4n) is 1.01. The van der Waals surface area contributed by atoms with Crippen LogP contribution in [-0.4, -0.2) is 62.4 Å². The van der Waals surface area contributed by atoms with Gasteiger partial charge < -0.3 is 19.8 Å². The molecule has 0 radical (unpaired) electrons. The number of alkyl halides is 2. The minimum Gasteiger partial charge on any atom is -0.480 e. The Balaban J connectivity index is 0. The molecule has 4 N–H and O–H groups in total. The number of carboxylic acid groups (broad SMARTS) is 1. The molecule has 0 aromatic carbocycles. The summed E-state index contributed by atoms with van der Waals surface area (Å²) in [7, 11) is -4.10. The first-order valence-corrected chi connectivity index (χ1v) is 8.48. The molecule has 0 heterocycles. The number of hydrogen-bond donors (Lipinski definition) is 4. The van der Waals surface area contributed by atoms with E-state index in [0.717, 1.165) is 0 Å². The van der Waals surface area contributed by atoms with Crippen LogP contribution in [0.4, 0.5) is 0 Å². The molecule has 0 bridgehead atoms. The van der Waals surface area contributed by atoms with Crippen molar-refractivity contribution in [1.29, 1.82) is 0 Å². The van der Waals surface area contributed by atoms with Gasteiger partial charge in [0, 0.05) is 13.1 Å². The van der Waals surface area contributed by atoms with Gasteiger partial charge in [-0.25, -0.2) is 0 Å². The molecule has 128 valence electrons. The largest absolute Gasteiger partial charge is 0.480 e. The Morgan fingerprint density at radius 3 is 1.95 bits per heavy atom. The number of amides is 1. The van der Waals surface area contributed by atoms with Gasteiger partial charge in [-0.2, -0.15) is 0 Å². The number of carbonyl (C=O) groups is 2. The second-order valence-electron chi connectivity index (χ2n) is 3.76. The van der Waals surface area contributed by atoms with Crippen LogP contribution >= 0.6 is 30.8 Å². The first kappa shape index (κ1) is 23.4. The van der Waals surface area contributed by atoms with E-state index in [1.54, 1.807) is 12.2 Å². The van der Waals surface area contributed by atoms with Gasteiger partial charge in [-0.15, -0.1) is 13.2 Å². The molecule has 0 aliphatic carbocycles. The lowest BCUT2D eigenvalue weighted by molar-refractivity contribution is -0.136. The predicted octanol–water partition coefficient (Wildman–Crippen LogP) is 0.786. The van der Waals surface area contributed by atoms with Crippen molar-refractivity contribution in [1.82, 2.24) is 10.2 Å². The zero-order valence-corrected chi connectivity index (χ0v) is 14.1. The standard InChI is InChI=1S/C8H11Cl2NO.C3H8NO5P/c1-3-5-11(6-4-2)8(12)7(9)10;5-3(6)1-4-2-10(7,8)9/h3-4,7H,1-2,5-6H2;4H,1-2H2,(H,5,6)(H2,7,8,9). The van der Waals surface area contributed by atoms with Gasteiger partial charge in [0.25, 0.3) is 5.91 Å². The third-order valence-electron chi connectivity index (χ3n) is 1.79. The zero-order valence-electron chi connectivity index (χ0n) is 11.7. The van der Waals surface area contributed by atoms with Crippen molar-refractivity contribution >= 4 is 42.7 Å². The van der Waals surface area contributed by atoms with Crippen molar-refractivity contribution in [3.05, 3.63) is 25.3 Å². The number of carbonyl (C=O) groups excluding carboxylic acids is 1. The first-order valence-electron chi connectivity index (χ1n) is 5.81. The molecule has 0 rings (SSSR count). The maximum Gasteiger partial charge on any atom is 0.339 e. The first-order chi connectivity index (χ1) is 10.0.